The molecule has 2 unspecified atom stereocenters. The Balaban J connectivity index is 2.57. The molecule has 0 radical (unpaired) electrons. The molecular formula is C8H16O3. The van der Waals surface area contributed by atoms with Crippen LogP contribution in [0.5, 0.6) is 0 Å². The lowest BCUT2D eigenvalue weighted by Gasteiger charge is -2.37. The zero-order valence-electron chi connectivity index (χ0n) is 6.92. The lowest BCUT2D eigenvalue weighted by atomic mass is 9.83. The SMILES string of the molecule is COC1CCCCC1(O)CO. The molecule has 0 heterocycles. The van der Waals surface area contributed by atoms with Gasteiger partial charge in [0.1, 0.15) is 5.60 Å². The van der Waals surface area contributed by atoms with Crippen LogP contribution in [0.1, 0.15) is 25.7 Å². The van der Waals surface area contributed by atoms with Crippen molar-refractivity contribution in [3.63, 3.8) is 0 Å². The number of aliphatic hydroxyl groups is 2. The van der Waals surface area contributed by atoms with E-state index in [2.05, 4.69) is 0 Å². The van der Waals surface area contributed by atoms with Gasteiger partial charge in [-0.3, -0.25) is 0 Å². The molecule has 1 aliphatic rings. The minimum atomic E-state index is -0.979. The summed E-state index contributed by atoms with van der Waals surface area (Å²) in [6, 6.07) is 0. The van der Waals surface area contributed by atoms with Crippen molar-refractivity contribution in [1.29, 1.82) is 0 Å². The molecule has 3 heteroatoms. The van der Waals surface area contributed by atoms with Crippen LogP contribution < -0.4 is 0 Å². The molecule has 0 bridgehead atoms. The van der Waals surface area contributed by atoms with Crippen LogP contribution in [-0.2, 0) is 4.74 Å². The third-order valence-electron chi connectivity index (χ3n) is 2.48. The summed E-state index contributed by atoms with van der Waals surface area (Å²) in [5.41, 5.74) is -0.979. The quantitative estimate of drug-likeness (QED) is 0.610. The highest BCUT2D eigenvalue weighted by atomic mass is 16.5. The van der Waals surface area contributed by atoms with E-state index in [1.54, 1.807) is 7.11 Å². The number of hydrogen-bond donors (Lipinski definition) is 2. The molecule has 0 saturated heterocycles. The van der Waals surface area contributed by atoms with Crippen LogP contribution in [0.25, 0.3) is 0 Å². The molecule has 2 atom stereocenters. The van der Waals surface area contributed by atoms with Crippen LogP contribution >= 0.6 is 0 Å². The highest BCUT2D eigenvalue weighted by Gasteiger charge is 2.38. The summed E-state index contributed by atoms with van der Waals surface area (Å²) < 4.78 is 5.09. The van der Waals surface area contributed by atoms with Gasteiger partial charge in [-0.25, -0.2) is 0 Å². The Hall–Kier alpha value is -0.120. The summed E-state index contributed by atoms with van der Waals surface area (Å²) in [6.07, 6.45) is 3.40. The first-order valence-corrected chi connectivity index (χ1v) is 4.09. The maximum absolute atomic E-state index is 9.76. The molecule has 2 N–H and O–H groups in total. The Morgan fingerprint density at radius 1 is 1.55 bits per heavy atom. The Labute approximate surface area is 67.0 Å². The molecule has 0 aliphatic heterocycles. The maximum atomic E-state index is 9.76. The Bertz CT molecular complexity index is 127. The lowest BCUT2D eigenvalue weighted by molar-refractivity contribution is -0.139. The fourth-order valence-corrected chi connectivity index (χ4v) is 1.71. The second-order valence-corrected chi connectivity index (χ2v) is 3.23. The monoisotopic (exact) mass is 160 g/mol. The van der Waals surface area contributed by atoms with Crippen LogP contribution in [0, 0.1) is 0 Å². The van der Waals surface area contributed by atoms with E-state index in [9.17, 15) is 5.11 Å². The minimum Gasteiger partial charge on any atom is -0.393 e. The molecule has 1 saturated carbocycles. The summed E-state index contributed by atoms with van der Waals surface area (Å²) in [5.74, 6) is 0. The predicted molar refractivity (Wildman–Crippen MR) is 41.3 cm³/mol. The van der Waals surface area contributed by atoms with E-state index in [-0.39, 0.29) is 12.7 Å². The second-order valence-electron chi connectivity index (χ2n) is 3.23. The van der Waals surface area contributed by atoms with E-state index in [0.29, 0.717) is 6.42 Å². The first-order valence-electron chi connectivity index (χ1n) is 4.09. The van der Waals surface area contributed by atoms with Crippen molar-refractivity contribution in [2.24, 2.45) is 0 Å². The van der Waals surface area contributed by atoms with Gasteiger partial charge in [-0.1, -0.05) is 12.8 Å². The van der Waals surface area contributed by atoms with E-state index in [4.69, 9.17) is 9.84 Å². The first kappa shape index (κ1) is 8.97. The van der Waals surface area contributed by atoms with Crippen molar-refractivity contribution in [2.75, 3.05) is 13.7 Å². The standard InChI is InChI=1S/C8H16O3/c1-11-7-4-2-3-5-8(7,10)6-9/h7,9-10H,2-6H2,1H3. The summed E-state index contributed by atoms with van der Waals surface area (Å²) in [5, 5.41) is 18.7. The normalized spacial score (nSPS) is 39.0. The second kappa shape index (κ2) is 3.52. The molecule has 0 spiro atoms. The summed E-state index contributed by atoms with van der Waals surface area (Å²) in [7, 11) is 1.58. The van der Waals surface area contributed by atoms with E-state index >= 15 is 0 Å². The topological polar surface area (TPSA) is 49.7 Å². The van der Waals surface area contributed by atoms with E-state index in [0.717, 1.165) is 19.3 Å². The molecule has 0 aromatic rings. The molecule has 1 rings (SSSR count). The molecule has 0 aromatic carbocycles. The molecule has 1 aliphatic carbocycles. The molecular weight excluding hydrogens is 144 g/mol. The van der Waals surface area contributed by atoms with Gasteiger partial charge >= 0.3 is 0 Å². The van der Waals surface area contributed by atoms with Crippen molar-refractivity contribution in [1.82, 2.24) is 0 Å². The van der Waals surface area contributed by atoms with Gasteiger partial charge in [0, 0.05) is 7.11 Å². The van der Waals surface area contributed by atoms with Gasteiger partial charge < -0.3 is 14.9 Å². The van der Waals surface area contributed by atoms with Crippen molar-refractivity contribution in [3.8, 4) is 0 Å². The third kappa shape index (κ3) is 1.72. The molecule has 0 aromatic heterocycles. The Morgan fingerprint density at radius 2 is 2.27 bits per heavy atom. The molecule has 3 nitrogen and oxygen atoms in total. The Morgan fingerprint density at radius 3 is 2.73 bits per heavy atom. The zero-order chi connectivity index (χ0) is 8.32. The van der Waals surface area contributed by atoms with Crippen LogP contribution in [0.2, 0.25) is 0 Å². The van der Waals surface area contributed by atoms with Gasteiger partial charge in [-0.05, 0) is 12.8 Å². The molecule has 66 valence electrons. The number of methoxy groups -OCH3 is 1. The highest BCUT2D eigenvalue weighted by Crippen LogP contribution is 2.29. The highest BCUT2D eigenvalue weighted by molar-refractivity contribution is 4.90. The van der Waals surface area contributed by atoms with Crippen LogP contribution in [0.3, 0.4) is 0 Å². The van der Waals surface area contributed by atoms with Crippen molar-refractivity contribution < 1.29 is 14.9 Å². The summed E-state index contributed by atoms with van der Waals surface area (Å²) >= 11 is 0. The average Bonchev–Trinajstić information content (AvgIpc) is 2.05. The number of hydrogen-bond acceptors (Lipinski definition) is 3. The number of ether oxygens (including phenoxy) is 1. The smallest absolute Gasteiger partial charge is 0.114 e. The van der Waals surface area contributed by atoms with Crippen LogP contribution in [0.4, 0.5) is 0 Å². The maximum Gasteiger partial charge on any atom is 0.114 e. The molecule has 11 heavy (non-hydrogen) atoms. The van der Waals surface area contributed by atoms with E-state index < -0.39 is 5.60 Å². The number of aliphatic hydroxyl groups excluding tert-OH is 1. The van der Waals surface area contributed by atoms with Crippen LogP contribution in [-0.4, -0.2) is 35.6 Å². The van der Waals surface area contributed by atoms with Gasteiger partial charge in [-0.15, -0.1) is 0 Å². The van der Waals surface area contributed by atoms with Gasteiger partial charge in [0.15, 0.2) is 0 Å². The van der Waals surface area contributed by atoms with E-state index in [1.165, 1.54) is 0 Å². The predicted octanol–water partition coefficient (Wildman–Crippen LogP) is 0.299. The Kier molecular flexibility index (Phi) is 2.87. The van der Waals surface area contributed by atoms with E-state index in [1.807, 2.05) is 0 Å². The van der Waals surface area contributed by atoms with Crippen molar-refractivity contribution in [2.45, 2.75) is 37.4 Å². The molecule has 1 fully saturated rings. The fraction of sp³-hybridized carbons (Fsp3) is 1.00. The van der Waals surface area contributed by atoms with Gasteiger partial charge in [0.05, 0.1) is 12.7 Å². The van der Waals surface area contributed by atoms with Gasteiger partial charge in [-0.2, -0.15) is 0 Å². The summed E-state index contributed by atoms with van der Waals surface area (Å²) in [4.78, 5) is 0. The van der Waals surface area contributed by atoms with Gasteiger partial charge in [0.25, 0.3) is 0 Å². The van der Waals surface area contributed by atoms with Crippen molar-refractivity contribution >= 4 is 0 Å². The number of rotatable bonds is 2. The van der Waals surface area contributed by atoms with Crippen LogP contribution in [0.15, 0.2) is 0 Å². The molecule has 0 amide bonds. The minimum absolute atomic E-state index is 0.179. The largest absolute Gasteiger partial charge is 0.393 e. The lowest BCUT2D eigenvalue weighted by Crippen LogP contribution is -2.48. The first-order chi connectivity index (χ1) is 5.23. The third-order valence-corrected chi connectivity index (χ3v) is 2.48. The summed E-state index contributed by atoms with van der Waals surface area (Å²) in [6.45, 7) is -0.189. The fourth-order valence-electron chi connectivity index (χ4n) is 1.71. The van der Waals surface area contributed by atoms with Crippen molar-refractivity contribution in [3.05, 3.63) is 0 Å². The average molecular weight is 160 g/mol. The zero-order valence-corrected chi connectivity index (χ0v) is 6.92. The van der Waals surface area contributed by atoms with Gasteiger partial charge in [0.2, 0.25) is 0 Å².